The molecule has 0 N–H and O–H groups in total. The van der Waals surface area contributed by atoms with Crippen LogP contribution in [0.2, 0.25) is 0 Å². The van der Waals surface area contributed by atoms with Crippen molar-refractivity contribution in [1.29, 1.82) is 0 Å². The van der Waals surface area contributed by atoms with Crippen molar-refractivity contribution in [2.24, 2.45) is 0 Å². The second kappa shape index (κ2) is 9.22. The Kier molecular flexibility index (Phi) is 6.21. The zero-order chi connectivity index (χ0) is 22.7. The number of aromatic nitrogens is 2. The van der Waals surface area contributed by atoms with Gasteiger partial charge in [0.1, 0.15) is 11.6 Å². The Hall–Kier alpha value is -3.67. The Bertz CT molecular complexity index is 1220. The lowest BCUT2D eigenvalue weighted by Gasteiger charge is -2.16. The van der Waals surface area contributed by atoms with Gasteiger partial charge < -0.3 is 23.5 Å². The topological polar surface area (TPSA) is 54.7 Å². The maximum Gasteiger partial charge on any atom is 0.203 e. The van der Waals surface area contributed by atoms with Crippen molar-refractivity contribution in [2.75, 3.05) is 27.9 Å². The van der Waals surface area contributed by atoms with E-state index < -0.39 is 0 Å². The van der Waals surface area contributed by atoms with E-state index in [1.54, 1.807) is 21.3 Å². The van der Waals surface area contributed by atoms with E-state index in [0.29, 0.717) is 30.4 Å². The Labute approximate surface area is 188 Å². The van der Waals surface area contributed by atoms with E-state index in [9.17, 15) is 0 Å². The molecule has 0 radical (unpaired) electrons. The minimum atomic E-state index is 0.575. The van der Waals surface area contributed by atoms with Crippen LogP contribution in [0.1, 0.15) is 18.1 Å². The third-order valence-corrected chi connectivity index (χ3v) is 5.40. The quantitative estimate of drug-likeness (QED) is 0.369. The van der Waals surface area contributed by atoms with Crippen LogP contribution in [0.3, 0.4) is 0 Å². The van der Waals surface area contributed by atoms with E-state index in [2.05, 4.69) is 29.7 Å². The van der Waals surface area contributed by atoms with Crippen LogP contribution in [-0.4, -0.2) is 37.5 Å². The fourth-order valence-corrected chi connectivity index (χ4v) is 3.95. The molecule has 6 heteroatoms. The molecule has 0 saturated heterocycles. The van der Waals surface area contributed by atoms with Gasteiger partial charge in [-0.1, -0.05) is 18.2 Å². The van der Waals surface area contributed by atoms with Gasteiger partial charge in [-0.25, -0.2) is 4.98 Å². The Morgan fingerprint density at radius 3 is 2.22 bits per heavy atom. The normalized spacial score (nSPS) is 10.9. The molecule has 1 aromatic heterocycles. The largest absolute Gasteiger partial charge is 0.493 e. The highest BCUT2D eigenvalue weighted by Crippen LogP contribution is 2.39. The van der Waals surface area contributed by atoms with E-state index in [1.165, 1.54) is 5.56 Å². The first-order chi connectivity index (χ1) is 15.6. The van der Waals surface area contributed by atoms with Crippen molar-refractivity contribution in [3.8, 4) is 34.4 Å². The van der Waals surface area contributed by atoms with Crippen LogP contribution in [0, 0.1) is 6.92 Å². The third kappa shape index (κ3) is 3.96. The number of hydrogen-bond donors (Lipinski definition) is 0. The smallest absolute Gasteiger partial charge is 0.203 e. The summed E-state index contributed by atoms with van der Waals surface area (Å²) in [6, 6.07) is 18.3. The summed E-state index contributed by atoms with van der Waals surface area (Å²) in [5.41, 5.74) is 5.12. The van der Waals surface area contributed by atoms with Gasteiger partial charge in [-0.3, -0.25) is 0 Å². The Morgan fingerprint density at radius 1 is 0.844 bits per heavy atom. The van der Waals surface area contributed by atoms with E-state index in [1.807, 2.05) is 43.3 Å². The number of methoxy groups -OCH3 is 3. The molecule has 0 aliphatic carbocycles. The molecule has 1 heterocycles. The highest BCUT2D eigenvalue weighted by molar-refractivity contribution is 5.82. The summed E-state index contributed by atoms with van der Waals surface area (Å²) in [7, 11) is 4.86. The molecular weight excluding hydrogens is 404 g/mol. The van der Waals surface area contributed by atoms with Gasteiger partial charge in [-0.2, -0.15) is 0 Å². The molecule has 0 saturated carbocycles. The van der Waals surface area contributed by atoms with Crippen molar-refractivity contribution >= 4 is 11.0 Å². The maximum absolute atomic E-state index is 5.91. The molecule has 0 bridgehead atoms. The number of fused-ring (bicyclic) bond motifs is 1. The predicted molar refractivity (Wildman–Crippen MR) is 126 cm³/mol. The average molecular weight is 433 g/mol. The molecule has 0 atom stereocenters. The summed E-state index contributed by atoms with van der Waals surface area (Å²) in [5.74, 6) is 3.49. The molecule has 4 aromatic rings. The van der Waals surface area contributed by atoms with Gasteiger partial charge in [0.05, 0.1) is 44.5 Å². The van der Waals surface area contributed by atoms with Gasteiger partial charge in [-0.15, -0.1) is 0 Å². The van der Waals surface area contributed by atoms with Crippen molar-refractivity contribution < 1.29 is 18.9 Å². The van der Waals surface area contributed by atoms with Crippen molar-refractivity contribution in [1.82, 2.24) is 9.55 Å². The lowest BCUT2D eigenvalue weighted by molar-refractivity contribution is 0.323. The molecule has 166 valence electrons. The third-order valence-electron chi connectivity index (χ3n) is 5.40. The van der Waals surface area contributed by atoms with E-state index in [-0.39, 0.29) is 0 Å². The number of para-hydroxylation sites is 1. The first-order valence-corrected chi connectivity index (χ1v) is 10.6. The highest BCUT2D eigenvalue weighted by atomic mass is 16.5. The number of hydrogen-bond acceptors (Lipinski definition) is 5. The monoisotopic (exact) mass is 432 g/mol. The first kappa shape index (κ1) is 21.6. The fourth-order valence-electron chi connectivity index (χ4n) is 3.95. The lowest BCUT2D eigenvalue weighted by atomic mass is 10.1. The minimum absolute atomic E-state index is 0.575. The van der Waals surface area contributed by atoms with E-state index in [4.69, 9.17) is 23.9 Å². The standard InChI is InChI=1S/C26H28N2O4/c1-6-32-22-10-8-7-9-19(22)26-27-20-13-17(2)11-12-21(20)28(26)16-18-14-23(29-3)25(31-5)24(15-18)30-4/h7-15H,6,16H2,1-5H3. The summed E-state index contributed by atoms with van der Waals surface area (Å²) >= 11 is 0. The van der Waals surface area contributed by atoms with Crippen molar-refractivity contribution in [2.45, 2.75) is 20.4 Å². The van der Waals surface area contributed by atoms with Crippen LogP contribution in [0.25, 0.3) is 22.4 Å². The molecule has 0 spiro atoms. The van der Waals surface area contributed by atoms with Gasteiger partial charge in [0.2, 0.25) is 5.75 Å². The number of rotatable bonds is 8. The number of nitrogens with zero attached hydrogens (tertiary/aromatic N) is 2. The van der Waals surface area contributed by atoms with Gasteiger partial charge in [-0.05, 0) is 61.4 Å². The zero-order valence-electron chi connectivity index (χ0n) is 19.1. The summed E-state index contributed by atoms with van der Waals surface area (Å²) in [6.07, 6.45) is 0. The SMILES string of the molecule is CCOc1ccccc1-c1nc2cc(C)ccc2n1Cc1cc(OC)c(OC)c(OC)c1. The summed E-state index contributed by atoms with van der Waals surface area (Å²) in [6.45, 7) is 5.22. The van der Waals surface area contributed by atoms with Gasteiger partial charge >= 0.3 is 0 Å². The van der Waals surface area contributed by atoms with Crippen molar-refractivity contribution in [3.05, 3.63) is 65.7 Å². The molecular formula is C26H28N2O4. The fraction of sp³-hybridized carbons (Fsp3) is 0.269. The van der Waals surface area contributed by atoms with Gasteiger partial charge in [0.25, 0.3) is 0 Å². The molecule has 0 unspecified atom stereocenters. The summed E-state index contributed by atoms with van der Waals surface area (Å²) < 4.78 is 24.7. The maximum atomic E-state index is 5.91. The Morgan fingerprint density at radius 2 is 1.56 bits per heavy atom. The molecule has 3 aromatic carbocycles. The molecule has 6 nitrogen and oxygen atoms in total. The van der Waals surface area contributed by atoms with Crippen LogP contribution in [0.15, 0.2) is 54.6 Å². The predicted octanol–water partition coefficient (Wildman–Crippen LogP) is 5.48. The molecule has 0 aliphatic heterocycles. The molecule has 0 amide bonds. The number of imidazole rings is 1. The number of ether oxygens (including phenoxy) is 4. The Balaban J connectivity index is 1.91. The zero-order valence-corrected chi connectivity index (χ0v) is 19.1. The van der Waals surface area contributed by atoms with E-state index >= 15 is 0 Å². The van der Waals surface area contributed by atoms with Crippen LogP contribution in [0.4, 0.5) is 0 Å². The van der Waals surface area contributed by atoms with Gasteiger partial charge in [0.15, 0.2) is 11.5 Å². The van der Waals surface area contributed by atoms with Crippen LogP contribution in [-0.2, 0) is 6.54 Å². The van der Waals surface area contributed by atoms with Crippen molar-refractivity contribution in [3.63, 3.8) is 0 Å². The second-order valence-corrected chi connectivity index (χ2v) is 7.48. The van der Waals surface area contributed by atoms with Crippen LogP contribution < -0.4 is 18.9 Å². The molecule has 0 aliphatic rings. The van der Waals surface area contributed by atoms with E-state index in [0.717, 1.165) is 33.7 Å². The lowest BCUT2D eigenvalue weighted by Crippen LogP contribution is -2.05. The molecule has 32 heavy (non-hydrogen) atoms. The molecule has 0 fully saturated rings. The number of aryl methyl sites for hydroxylation is 1. The molecule has 4 rings (SSSR count). The first-order valence-electron chi connectivity index (χ1n) is 10.6. The van der Waals surface area contributed by atoms with Crippen LogP contribution >= 0.6 is 0 Å². The second-order valence-electron chi connectivity index (χ2n) is 7.48. The van der Waals surface area contributed by atoms with Crippen LogP contribution in [0.5, 0.6) is 23.0 Å². The summed E-state index contributed by atoms with van der Waals surface area (Å²) in [5, 5.41) is 0. The minimum Gasteiger partial charge on any atom is -0.493 e. The van der Waals surface area contributed by atoms with Gasteiger partial charge in [0, 0.05) is 6.54 Å². The summed E-state index contributed by atoms with van der Waals surface area (Å²) in [4.78, 5) is 5.00. The highest BCUT2D eigenvalue weighted by Gasteiger charge is 2.19. The average Bonchev–Trinajstić information content (AvgIpc) is 3.15. The number of benzene rings is 3.